The van der Waals surface area contributed by atoms with Crippen LogP contribution in [0.3, 0.4) is 0 Å². The van der Waals surface area contributed by atoms with E-state index in [1.807, 2.05) is 6.07 Å². The van der Waals surface area contributed by atoms with Crippen LogP contribution in [0.2, 0.25) is 0 Å². The van der Waals surface area contributed by atoms with E-state index in [2.05, 4.69) is 35.0 Å². The van der Waals surface area contributed by atoms with Crippen molar-refractivity contribution in [3.05, 3.63) is 29.3 Å². The Hall–Kier alpha value is -0.540. The molecule has 2 nitrogen and oxygen atoms in total. The van der Waals surface area contributed by atoms with Gasteiger partial charge in [-0.2, -0.15) is 0 Å². The fourth-order valence-corrected chi connectivity index (χ4v) is 2.35. The first-order valence-electron chi connectivity index (χ1n) is 5.13. The van der Waals surface area contributed by atoms with E-state index in [1.54, 1.807) is 7.11 Å². The zero-order valence-corrected chi connectivity index (χ0v) is 10.6. The molecule has 1 saturated heterocycles. The third-order valence-electron chi connectivity index (χ3n) is 2.84. The minimum atomic E-state index is 0.0309. The Balaban J connectivity index is 2.34. The van der Waals surface area contributed by atoms with Gasteiger partial charge in [-0.1, -0.05) is 35.0 Å². The lowest BCUT2D eigenvalue weighted by molar-refractivity contribution is -0.00702. The molecule has 1 fully saturated rings. The maximum Gasteiger partial charge on any atom is 0.122 e. The van der Waals surface area contributed by atoms with Crippen molar-refractivity contribution in [1.29, 1.82) is 0 Å². The van der Waals surface area contributed by atoms with Gasteiger partial charge in [0.15, 0.2) is 0 Å². The second kappa shape index (κ2) is 4.14. The zero-order valence-electron chi connectivity index (χ0n) is 9.05. The van der Waals surface area contributed by atoms with E-state index in [0.29, 0.717) is 0 Å². The molecule has 0 atom stereocenters. The van der Waals surface area contributed by atoms with E-state index in [4.69, 9.17) is 9.47 Å². The lowest BCUT2D eigenvalue weighted by atomic mass is 9.94. The molecule has 82 valence electrons. The molecule has 0 aromatic heterocycles. The molecule has 0 aliphatic carbocycles. The highest BCUT2D eigenvalue weighted by atomic mass is 79.9. The Morgan fingerprint density at radius 2 is 2.20 bits per heavy atom. The summed E-state index contributed by atoms with van der Waals surface area (Å²) < 4.78 is 10.6. The highest BCUT2D eigenvalue weighted by Crippen LogP contribution is 2.40. The molecule has 0 saturated carbocycles. The Kier molecular flexibility index (Phi) is 3.03. The van der Waals surface area contributed by atoms with E-state index in [0.717, 1.165) is 25.4 Å². The number of halogens is 1. The topological polar surface area (TPSA) is 18.5 Å². The van der Waals surface area contributed by atoms with Crippen LogP contribution in [0, 0.1) is 0 Å². The molecule has 1 aliphatic rings. The van der Waals surface area contributed by atoms with Crippen LogP contribution < -0.4 is 4.74 Å². The van der Waals surface area contributed by atoms with Crippen molar-refractivity contribution in [2.75, 3.05) is 20.3 Å². The molecule has 15 heavy (non-hydrogen) atoms. The van der Waals surface area contributed by atoms with E-state index < -0.39 is 0 Å². The van der Waals surface area contributed by atoms with Crippen molar-refractivity contribution in [1.82, 2.24) is 0 Å². The second-order valence-electron chi connectivity index (χ2n) is 3.84. The summed E-state index contributed by atoms with van der Waals surface area (Å²) in [4.78, 5) is 0. The monoisotopic (exact) mass is 270 g/mol. The van der Waals surface area contributed by atoms with Gasteiger partial charge in [0.1, 0.15) is 5.75 Å². The fourth-order valence-electron chi connectivity index (χ4n) is 1.78. The number of rotatable bonds is 3. The van der Waals surface area contributed by atoms with Crippen molar-refractivity contribution in [3.63, 3.8) is 0 Å². The van der Waals surface area contributed by atoms with Crippen LogP contribution in [0.1, 0.15) is 18.1 Å². The van der Waals surface area contributed by atoms with Crippen LogP contribution in [0.5, 0.6) is 5.75 Å². The normalized spacial score (nSPS) is 18.3. The molecule has 0 spiro atoms. The van der Waals surface area contributed by atoms with Crippen molar-refractivity contribution < 1.29 is 9.47 Å². The summed E-state index contributed by atoms with van der Waals surface area (Å²) in [5, 5.41) is 0. The molecule has 3 heteroatoms. The highest BCUT2D eigenvalue weighted by molar-refractivity contribution is 9.09. The summed E-state index contributed by atoms with van der Waals surface area (Å²) in [6.07, 6.45) is 0.987. The first-order valence-corrected chi connectivity index (χ1v) is 5.93. The summed E-state index contributed by atoms with van der Waals surface area (Å²) in [6.45, 7) is 3.64. The van der Waals surface area contributed by atoms with Crippen molar-refractivity contribution in [3.8, 4) is 5.75 Å². The molecule has 0 amide bonds. The molecule has 1 aromatic carbocycles. The minimum absolute atomic E-state index is 0.0309. The number of benzene rings is 1. The number of methoxy groups -OCH3 is 1. The van der Waals surface area contributed by atoms with Gasteiger partial charge in [0.2, 0.25) is 0 Å². The van der Waals surface area contributed by atoms with Gasteiger partial charge in [0, 0.05) is 0 Å². The van der Waals surface area contributed by atoms with Gasteiger partial charge >= 0.3 is 0 Å². The Bertz CT molecular complexity index is 359. The van der Waals surface area contributed by atoms with Gasteiger partial charge in [0.05, 0.1) is 24.6 Å². The standard InChI is InChI=1S/C12H15BrO2/c1-3-9-6-10(4-5-11(9)14-2)12(13)7-15-8-12/h4-6H,3,7-8H2,1-2H3. The third kappa shape index (κ3) is 1.91. The summed E-state index contributed by atoms with van der Waals surface area (Å²) in [7, 11) is 1.71. The third-order valence-corrected chi connectivity index (χ3v) is 3.76. The predicted molar refractivity (Wildman–Crippen MR) is 63.8 cm³/mol. The van der Waals surface area contributed by atoms with E-state index in [1.165, 1.54) is 11.1 Å². The maximum absolute atomic E-state index is 5.31. The maximum atomic E-state index is 5.31. The molecular formula is C12H15BrO2. The van der Waals surface area contributed by atoms with Crippen molar-refractivity contribution in [2.45, 2.75) is 17.7 Å². The van der Waals surface area contributed by atoms with Crippen molar-refractivity contribution in [2.24, 2.45) is 0 Å². The van der Waals surface area contributed by atoms with Crippen LogP contribution in [-0.4, -0.2) is 20.3 Å². The largest absolute Gasteiger partial charge is 0.496 e. The van der Waals surface area contributed by atoms with Crippen LogP contribution in [-0.2, 0) is 15.5 Å². The van der Waals surface area contributed by atoms with Gasteiger partial charge in [-0.3, -0.25) is 0 Å². The molecule has 0 unspecified atom stereocenters. The van der Waals surface area contributed by atoms with Crippen LogP contribution in [0.15, 0.2) is 18.2 Å². The van der Waals surface area contributed by atoms with E-state index in [-0.39, 0.29) is 4.32 Å². The van der Waals surface area contributed by atoms with Crippen LogP contribution >= 0.6 is 15.9 Å². The molecule has 2 rings (SSSR count). The molecule has 0 radical (unpaired) electrons. The highest BCUT2D eigenvalue weighted by Gasteiger charge is 2.37. The molecule has 1 aliphatic heterocycles. The van der Waals surface area contributed by atoms with Gasteiger partial charge in [0.25, 0.3) is 0 Å². The van der Waals surface area contributed by atoms with E-state index >= 15 is 0 Å². The number of hydrogen-bond donors (Lipinski definition) is 0. The molecule has 1 heterocycles. The van der Waals surface area contributed by atoms with Gasteiger partial charge < -0.3 is 9.47 Å². The first-order chi connectivity index (χ1) is 7.19. The van der Waals surface area contributed by atoms with Crippen LogP contribution in [0.25, 0.3) is 0 Å². The minimum Gasteiger partial charge on any atom is -0.496 e. The number of hydrogen-bond acceptors (Lipinski definition) is 2. The predicted octanol–water partition coefficient (Wildman–Crippen LogP) is 2.88. The average molecular weight is 271 g/mol. The molecule has 0 bridgehead atoms. The zero-order chi connectivity index (χ0) is 10.9. The number of alkyl halides is 1. The summed E-state index contributed by atoms with van der Waals surface area (Å²) in [6, 6.07) is 6.35. The number of aryl methyl sites for hydroxylation is 1. The lowest BCUT2D eigenvalue weighted by Crippen LogP contribution is -2.41. The summed E-state index contributed by atoms with van der Waals surface area (Å²) in [5.41, 5.74) is 2.53. The van der Waals surface area contributed by atoms with E-state index in [9.17, 15) is 0 Å². The summed E-state index contributed by atoms with van der Waals surface area (Å²) in [5.74, 6) is 0.970. The molecule has 1 aromatic rings. The molecule has 0 N–H and O–H groups in total. The van der Waals surface area contributed by atoms with Gasteiger partial charge in [-0.05, 0) is 23.6 Å². The number of ether oxygens (including phenoxy) is 2. The Morgan fingerprint density at radius 3 is 2.67 bits per heavy atom. The fraction of sp³-hybridized carbons (Fsp3) is 0.500. The summed E-state index contributed by atoms with van der Waals surface area (Å²) >= 11 is 3.72. The smallest absolute Gasteiger partial charge is 0.122 e. The SMILES string of the molecule is CCc1cc(C2(Br)COC2)ccc1OC. The van der Waals surface area contributed by atoms with Crippen LogP contribution in [0.4, 0.5) is 0 Å². The second-order valence-corrected chi connectivity index (χ2v) is 5.36. The van der Waals surface area contributed by atoms with Crippen molar-refractivity contribution >= 4 is 15.9 Å². The Labute approximate surface area is 98.7 Å². The Morgan fingerprint density at radius 1 is 1.47 bits per heavy atom. The lowest BCUT2D eigenvalue weighted by Gasteiger charge is -2.36. The van der Waals surface area contributed by atoms with Gasteiger partial charge in [-0.15, -0.1) is 0 Å². The first kappa shape index (κ1) is 11.0. The molecular weight excluding hydrogens is 256 g/mol. The average Bonchev–Trinajstić information content (AvgIpc) is 2.25. The quantitative estimate of drug-likeness (QED) is 0.787. The van der Waals surface area contributed by atoms with Gasteiger partial charge in [-0.25, -0.2) is 0 Å².